The lowest BCUT2D eigenvalue weighted by Crippen LogP contribution is -2.12. The van der Waals surface area contributed by atoms with Crippen LogP contribution >= 0.6 is 0 Å². The largest absolute Gasteiger partial charge is 0.398 e. The summed E-state index contributed by atoms with van der Waals surface area (Å²) in [5, 5.41) is 12.0. The average molecular weight is 289 g/mol. The summed E-state index contributed by atoms with van der Waals surface area (Å²) in [7, 11) is 0. The Morgan fingerprint density at radius 1 is 1.19 bits per heavy atom. The zero-order valence-corrected chi connectivity index (χ0v) is 12.2. The second-order valence-corrected chi connectivity index (χ2v) is 5.76. The molecule has 0 unspecified atom stereocenters. The second-order valence-electron chi connectivity index (χ2n) is 5.76. The van der Waals surface area contributed by atoms with E-state index in [9.17, 15) is 4.39 Å². The average Bonchev–Trinajstić information content (AvgIpc) is 2.80. The van der Waals surface area contributed by atoms with E-state index in [-0.39, 0.29) is 5.82 Å². The van der Waals surface area contributed by atoms with Crippen LogP contribution in [0, 0.1) is 12.7 Å². The lowest BCUT2D eigenvalue weighted by Gasteiger charge is -2.16. The molecule has 1 aliphatic rings. The molecule has 0 radical (unpaired) electrons. The van der Waals surface area contributed by atoms with E-state index in [4.69, 9.17) is 5.73 Å². The number of nitrogen functional groups attached to an aromatic ring is 1. The van der Waals surface area contributed by atoms with Crippen LogP contribution < -0.4 is 5.73 Å². The number of tetrazole rings is 1. The lowest BCUT2D eigenvalue weighted by atomic mass is 10.1. The molecule has 1 saturated carbocycles. The normalized spacial score (nSPS) is 16.9. The third kappa shape index (κ3) is 2.75. The first-order valence-corrected chi connectivity index (χ1v) is 7.50. The summed E-state index contributed by atoms with van der Waals surface area (Å²) in [6.07, 6.45) is 7.05. The molecule has 0 spiro atoms. The number of anilines is 1. The molecular weight excluding hydrogens is 269 g/mol. The summed E-state index contributed by atoms with van der Waals surface area (Å²) in [5.74, 6) is 0.285. The van der Waals surface area contributed by atoms with Crippen LogP contribution in [-0.4, -0.2) is 20.2 Å². The summed E-state index contributed by atoms with van der Waals surface area (Å²) in [5.41, 5.74) is 7.40. The molecule has 5 nitrogen and oxygen atoms in total. The molecule has 0 saturated heterocycles. The molecule has 1 aromatic carbocycles. The van der Waals surface area contributed by atoms with Crippen LogP contribution in [0.2, 0.25) is 0 Å². The van der Waals surface area contributed by atoms with Crippen LogP contribution in [-0.2, 0) is 0 Å². The standard InChI is InChI=1S/C15H20FN5/c1-10-13(16)8-11(9-14(10)17)15-18-19-20-21(15)12-6-4-2-3-5-7-12/h8-9,12H,2-7,17H2,1H3. The molecule has 0 bridgehead atoms. The van der Waals surface area contributed by atoms with Gasteiger partial charge >= 0.3 is 0 Å². The van der Waals surface area contributed by atoms with Gasteiger partial charge in [-0.05, 0) is 42.3 Å². The molecule has 3 rings (SSSR count). The first-order chi connectivity index (χ1) is 10.2. The molecule has 0 aliphatic heterocycles. The zero-order chi connectivity index (χ0) is 14.8. The lowest BCUT2D eigenvalue weighted by molar-refractivity contribution is 0.400. The molecule has 0 atom stereocenters. The van der Waals surface area contributed by atoms with Crippen molar-refractivity contribution in [1.82, 2.24) is 20.2 Å². The summed E-state index contributed by atoms with van der Waals surface area (Å²) in [4.78, 5) is 0. The van der Waals surface area contributed by atoms with Gasteiger partial charge in [-0.1, -0.05) is 25.7 Å². The number of rotatable bonds is 2. The van der Waals surface area contributed by atoms with Crippen LogP contribution in [0.4, 0.5) is 10.1 Å². The van der Waals surface area contributed by atoms with E-state index < -0.39 is 0 Å². The van der Waals surface area contributed by atoms with Crippen molar-refractivity contribution in [2.45, 2.75) is 51.5 Å². The van der Waals surface area contributed by atoms with Gasteiger partial charge in [0.05, 0.1) is 6.04 Å². The first-order valence-electron chi connectivity index (χ1n) is 7.50. The van der Waals surface area contributed by atoms with Crippen molar-refractivity contribution in [1.29, 1.82) is 0 Å². The molecule has 0 amide bonds. The predicted octanol–water partition coefficient (Wildman–Crippen LogP) is 3.27. The van der Waals surface area contributed by atoms with Gasteiger partial charge in [-0.2, -0.15) is 0 Å². The molecule has 1 aromatic heterocycles. The van der Waals surface area contributed by atoms with Crippen LogP contribution in [0.25, 0.3) is 11.4 Å². The number of aromatic nitrogens is 4. The predicted molar refractivity (Wildman–Crippen MR) is 79.1 cm³/mol. The fourth-order valence-corrected chi connectivity index (χ4v) is 2.96. The Labute approximate surface area is 123 Å². The zero-order valence-electron chi connectivity index (χ0n) is 12.2. The second kappa shape index (κ2) is 5.79. The van der Waals surface area contributed by atoms with Crippen molar-refractivity contribution < 1.29 is 4.39 Å². The van der Waals surface area contributed by atoms with Crippen molar-refractivity contribution in [3.05, 3.63) is 23.5 Å². The third-order valence-electron chi connectivity index (χ3n) is 4.31. The summed E-state index contributed by atoms with van der Waals surface area (Å²) < 4.78 is 15.8. The van der Waals surface area contributed by atoms with Crippen LogP contribution in [0.3, 0.4) is 0 Å². The smallest absolute Gasteiger partial charge is 0.182 e. The number of nitrogens with two attached hydrogens (primary N) is 1. The Bertz CT molecular complexity index is 606. The summed E-state index contributed by atoms with van der Waals surface area (Å²) in [6, 6.07) is 3.50. The van der Waals surface area contributed by atoms with Crippen molar-refractivity contribution in [3.63, 3.8) is 0 Å². The van der Waals surface area contributed by atoms with E-state index in [0.717, 1.165) is 12.8 Å². The van der Waals surface area contributed by atoms with E-state index in [2.05, 4.69) is 15.5 Å². The molecule has 1 heterocycles. The Hall–Kier alpha value is -1.98. The molecule has 6 heteroatoms. The first kappa shape index (κ1) is 14.0. The van der Waals surface area contributed by atoms with Gasteiger partial charge in [0.2, 0.25) is 0 Å². The highest BCUT2D eigenvalue weighted by molar-refractivity contribution is 5.64. The Balaban J connectivity index is 1.98. The minimum Gasteiger partial charge on any atom is -0.398 e. The molecular formula is C15H20FN5. The Morgan fingerprint density at radius 3 is 2.57 bits per heavy atom. The maximum Gasteiger partial charge on any atom is 0.182 e. The Kier molecular flexibility index (Phi) is 3.86. The fraction of sp³-hybridized carbons (Fsp3) is 0.533. The van der Waals surface area contributed by atoms with E-state index in [1.165, 1.54) is 31.7 Å². The quantitative estimate of drug-likeness (QED) is 0.680. The van der Waals surface area contributed by atoms with E-state index in [0.29, 0.717) is 28.7 Å². The molecule has 112 valence electrons. The number of halogens is 1. The SMILES string of the molecule is Cc1c(N)cc(-c2nnnn2C2CCCCCC2)cc1F. The molecule has 2 aromatic rings. The van der Waals surface area contributed by atoms with E-state index >= 15 is 0 Å². The maximum absolute atomic E-state index is 13.9. The van der Waals surface area contributed by atoms with Crippen LogP contribution in [0.5, 0.6) is 0 Å². The minimum atomic E-state index is -0.319. The molecule has 1 fully saturated rings. The van der Waals surface area contributed by atoms with Crippen LogP contribution in [0.1, 0.15) is 50.1 Å². The van der Waals surface area contributed by atoms with Gasteiger partial charge in [0.25, 0.3) is 0 Å². The van der Waals surface area contributed by atoms with Crippen molar-refractivity contribution in [2.24, 2.45) is 0 Å². The summed E-state index contributed by atoms with van der Waals surface area (Å²) in [6.45, 7) is 1.67. The minimum absolute atomic E-state index is 0.295. The number of benzene rings is 1. The maximum atomic E-state index is 13.9. The van der Waals surface area contributed by atoms with E-state index in [1.54, 1.807) is 13.0 Å². The van der Waals surface area contributed by atoms with Crippen molar-refractivity contribution >= 4 is 5.69 Å². The van der Waals surface area contributed by atoms with Gasteiger partial charge in [0, 0.05) is 16.8 Å². The Morgan fingerprint density at radius 2 is 1.90 bits per heavy atom. The monoisotopic (exact) mass is 289 g/mol. The molecule has 21 heavy (non-hydrogen) atoms. The molecule has 1 aliphatic carbocycles. The number of nitrogens with zero attached hydrogens (tertiary/aromatic N) is 4. The molecule has 2 N–H and O–H groups in total. The highest BCUT2D eigenvalue weighted by Crippen LogP contribution is 2.31. The van der Waals surface area contributed by atoms with Gasteiger partial charge < -0.3 is 5.73 Å². The third-order valence-corrected chi connectivity index (χ3v) is 4.31. The van der Waals surface area contributed by atoms with Crippen LogP contribution in [0.15, 0.2) is 12.1 Å². The summed E-state index contributed by atoms with van der Waals surface area (Å²) >= 11 is 0. The topological polar surface area (TPSA) is 69.6 Å². The van der Waals surface area contributed by atoms with Gasteiger partial charge in [-0.25, -0.2) is 9.07 Å². The van der Waals surface area contributed by atoms with Gasteiger partial charge in [0.15, 0.2) is 5.82 Å². The highest BCUT2D eigenvalue weighted by Gasteiger charge is 2.21. The van der Waals surface area contributed by atoms with E-state index in [1.807, 2.05) is 4.68 Å². The van der Waals surface area contributed by atoms with Gasteiger partial charge in [-0.3, -0.25) is 0 Å². The fourth-order valence-electron chi connectivity index (χ4n) is 2.96. The highest BCUT2D eigenvalue weighted by atomic mass is 19.1. The van der Waals surface area contributed by atoms with Crippen molar-refractivity contribution in [2.75, 3.05) is 5.73 Å². The number of hydrogen-bond acceptors (Lipinski definition) is 4. The number of hydrogen-bond donors (Lipinski definition) is 1. The van der Waals surface area contributed by atoms with Crippen molar-refractivity contribution in [3.8, 4) is 11.4 Å². The van der Waals surface area contributed by atoms with Gasteiger partial charge in [0.1, 0.15) is 5.82 Å². The van der Waals surface area contributed by atoms with Gasteiger partial charge in [-0.15, -0.1) is 5.10 Å².